The lowest BCUT2D eigenvalue weighted by Gasteiger charge is -2.25. The smallest absolute Gasteiger partial charge is 0.241 e. The van der Waals surface area contributed by atoms with Gasteiger partial charge in [-0.15, -0.1) is 0 Å². The number of hydrogen-bond acceptors (Lipinski definition) is 4. The Kier molecular flexibility index (Phi) is 6.48. The number of nitrogens with two attached hydrogens (primary N) is 1. The molecule has 0 fully saturated rings. The Labute approximate surface area is 120 Å². The van der Waals surface area contributed by atoms with Crippen LogP contribution in [0.3, 0.4) is 0 Å². The number of aryl methyl sites for hydroxylation is 1. The average Bonchev–Trinajstić information content (AvgIpc) is 2.40. The lowest BCUT2D eigenvalue weighted by molar-refractivity contribution is -0.121. The predicted molar refractivity (Wildman–Crippen MR) is 82.7 cm³/mol. The molecule has 0 aromatic heterocycles. The van der Waals surface area contributed by atoms with Gasteiger partial charge < -0.3 is 16.2 Å². The molecule has 0 heterocycles. The molecule has 1 aromatic rings. The Morgan fingerprint density at radius 2 is 2.15 bits per heavy atom. The first kappa shape index (κ1) is 16.5. The van der Waals surface area contributed by atoms with Crippen LogP contribution < -0.4 is 11.1 Å². The van der Waals surface area contributed by atoms with Gasteiger partial charge in [0.1, 0.15) is 0 Å². The maximum Gasteiger partial charge on any atom is 0.241 e. The number of aliphatic hydroxyl groups is 1. The van der Waals surface area contributed by atoms with E-state index in [4.69, 9.17) is 10.8 Å². The second kappa shape index (κ2) is 7.87. The summed E-state index contributed by atoms with van der Waals surface area (Å²) in [5.74, 6) is -0.0768. The molecule has 1 aromatic carbocycles. The van der Waals surface area contributed by atoms with Gasteiger partial charge in [-0.2, -0.15) is 0 Å². The van der Waals surface area contributed by atoms with E-state index in [1.807, 2.05) is 37.9 Å². The van der Waals surface area contributed by atoms with Crippen LogP contribution in [0.15, 0.2) is 18.2 Å². The molecular weight excluding hydrogens is 254 g/mol. The topological polar surface area (TPSA) is 78.6 Å². The van der Waals surface area contributed by atoms with Gasteiger partial charge in [0.25, 0.3) is 0 Å². The van der Waals surface area contributed by atoms with Crippen LogP contribution in [0.4, 0.5) is 11.4 Å². The zero-order chi connectivity index (χ0) is 15.1. The van der Waals surface area contributed by atoms with Crippen LogP contribution in [0.2, 0.25) is 0 Å². The highest BCUT2D eigenvalue weighted by atomic mass is 16.3. The molecule has 0 saturated heterocycles. The van der Waals surface area contributed by atoms with Crippen molar-refractivity contribution in [3.8, 4) is 0 Å². The lowest BCUT2D eigenvalue weighted by atomic mass is 10.1. The van der Waals surface area contributed by atoms with Crippen molar-refractivity contribution in [2.24, 2.45) is 0 Å². The van der Waals surface area contributed by atoms with Gasteiger partial charge in [-0.3, -0.25) is 9.69 Å². The predicted octanol–water partition coefficient (Wildman–Crippen LogP) is 1.47. The number of nitrogens with one attached hydrogen (secondary N) is 1. The minimum atomic E-state index is -0.255. The molecule has 0 aliphatic heterocycles. The second-order valence-electron chi connectivity index (χ2n) is 4.88. The third kappa shape index (κ3) is 4.21. The van der Waals surface area contributed by atoms with E-state index >= 15 is 0 Å². The van der Waals surface area contributed by atoms with Crippen molar-refractivity contribution in [2.45, 2.75) is 32.7 Å². The van der Waals surface area contributed by atoms with Crippen LogP contribution in [0.5, 0.6) is 0 Å². The minimum absolute atomic E-state index is 0.0401. The monoisotopic (exact) mass is 279 g/mol. The molecule has 4 N–H and O–H groups in total. The van der Waals surface area contributed by atoms with Gasteiger partial charge in [0.2, 0.25) is 5.91 Å². The first-order chi connectivity index (χ1) is 9.53. The van der Waals surface area contributed by atoms with Gasteiger partial charge in [0.15, 0.2) is 0 Å². The quantitative estimate of drug-likeness (QED) is 0.660. The molecule has 5 nitrogen and oxygen atoms in total. The Morgan fingerprint density at radius 1 is 1.45 bits per heavy atom. The number of aliphatic hydroxyl groups excluding tert-OH is 1. The highest BCUT2D eigenvalue weighted by molar-refractivity contribution is 5.95. The molecule has 1 atom stereocenters. The van der Waals surface area contributed by atoms with Gasteiger partial charge in [0, 0.05) is 17.9 Å². The first-order valence-electron chi connectivity index (χ1n) is 7.03. The highest BCUT2D eigenvalue weighted by Crippen LogP contribution is 2.19. The summed E-state index contributed by atoms with van der Waals surface area (Å²) < 4.78 is 0. The van der Waals surface area contributed by atoms with Crippen LogP contribution in [-0.4, -0.2) is 42.2 Å². The molecule has 5 heteroatoms. The number of carbonyl (C=O) groups excluding carboxylic acids is 1. The normalized spacial score (nSPS) is 12.4. The van der Waals surface area contributed by atoms with Crippen molar-refractivity contribution in [3.05, 3.63) is 23.8 Å². The van der Waals surface area contributed by atoms with Crippen LogP contribution in [-0.2, 0) is 11.2 Å². The van der Waals surface area contributed by atoms with Gasteiger partial charge in [-0.25, -0.2) is 0 Å². The van der Waals surface area contributed by atoms with E-state index in [0.717, 1.165) is 12.0 Å². The van der Waals surface area contributed by atoms with Gasteiger partial charge in [0.05, 0.1) is 12.6 Å². The number of hydrogen-bond donors (Lipinski definition) is 3. The zero-order valence-electron chi connectivity index (χ0n) is 12.5. The van der Waals surface area contributed by atoms with Crippen LogP contribution in [0.25, 0.3) is 0 Å². The Bertz CT molecular complexity index is 449. The third-order valence-electron chi connectivity index (χ3n) is 3.47. The highest BCUT2D eigenvalue weighted by Gasteiger charge is 2.21. The Balaban J connectivity index is 2.75. The number of amides is 1. The summed E-state index contributed by atoms with van der Waals surface area (Å²) in [4.78, 5) is 14.1. The molecule has 20 heavy (non-hydrogen) atoms. The summed E-state index contributed by atoms with van der Waals surface area (Å²) in [6.07, 6.45) is 1.56. The zero-order valence-corrected chi connectivity index (χ0v) is 12.5. The van der Waals surface area contributed by atoms with Crippen LogP contribution in [0.1, 0.15) is 25.8 Å². The van der Waals surface area contributed by atoms with Crippen molar-refractivity contribution in [1.82, 2.24) is 4.90 Å². The number of rotatable bonds is 7. The van der Waals surface area contributed by atoms with Crippen LogP contribution >= 0.6 is 0 Å². The van der Waals surface area contributed by atoms with Crippen molar-refractivity contribution in [2.75, 3.05) is 31.2 Å². The molecule has 0 aliphatic rings. The van der Waals surface area contributed by atoms with E-state index in [1.165, 1.54) is 0 Å². The summed E-state index contributed by atoms with van der Waals surface area (Å²) in [7, 11) is 1.83. The van der Waals surface area contributed by atoms with Crippen LogP contribution in [0, 0.1) is 0 Å². The standard InChI is InChI=1S/C15H25N3O2/c1-4-11-6-7-12(10-13(11)16)17-15(20)14(5-2)18(3)8-9-19/h6-7,10,14,19H,4-5,8-9,16H2,1-3H3,(H,17,20). The third-order valence-corrected chi connectivity index (χ3v) is 3.47. The summed E-state index contributed by atoms with van der Waals surface area (Å²) in [5, 5.41) is 11.8. The van der Waals surface area contributed by atoms with Gasteiger partial charge >= 0.3 is 0 Å². The van der Waals surface area contributed by atoms with Crippen molar-refractivity contribution >= 4 is 17.3 Å². The fraction of sp³-hybridized carbons (Fsp3) is 0.533. The fourth-order valence-corrected chi connectivity index (χ4v) is 2.23. The number of nitrogen functional groups attached to an aromatic ring is 1. The van der Waals surface area contributed by atoms with E-state index in [9.17, 15) is 4.79 Å². The number of benzene rings is 1. The molecule has 0 saturated carbocycles. The average molecular weight is 279 g/mol. The van der Waals surface area contributed by atoms with Crippen molar-refractivity contribution < 1.29 is 9.90 Å². The molecule has 1 rings (SSSR count). The summed E-state index contributed by atoms with van der Waals surface area (Å²) in [6.45, 7) is 4.51. The molecule has 0 spiro atoms. The summed E-state index contributed by atoms with van der Waals surface area (Å²) in [6, 6.07) is 5.33. The molecule has 1 unspecified atom stereocenters. The molecule has 0 aliphatic carbocycles. The molecule has 112 valence electrons. The second-order valence-corrected chi connectivity index (χ2v) is 4.88. The van der Waals surface area contributed by atoms with Crippen molar-refractivity contribution in [3.63, 3.8) is 0 Å². The van der Waals surface area contributed by atoms with E-state index in [1.54, 1.807) is 6.07 Å². The van der Waals surface area contributed by atoms with Gasteiger partial charge in [-0.05, 0) is 37.6 Å². The Hall–Kier alpha value is -1.59. The van der Waals surface area contributed by atoms with Gasteiger partial charge in [-0.1, -0.05) is 19.9 Å². The Morgan fingerprint density at radius 3 is 2.65 bits per heavy atom. The van der Waals surface area contributed by atoms with E-state index in [-0.39, 0.29) is 18.6 Å². The number of likely N-dealkylation sites (N-methyl/N-ethyl adjacent to an activating group) is 1. The molecule has 1 amide bonds. The SMILES string of the molecule is CCc1ccc(NC(=O)C(CC)N(C)CCO)cc1N. The van der Waals surface area contributed by atoms with E-state index in [0.29, 0.717) is 24.3 Å². The molecule has 0 radical (unpaired) electrons. The number of anilines is 2. The van der Waals surface area contributed by atoms with E-state index in [2.05, 4.69) is 5.32 Å². The summed E-state index contributed by atoms with van der Waals surface area (Å²) >= 11 is 0. The fourth-order valence-electron chi connectivity index (χ4n) is 2.23. The van der Waals surface area contributed by atoms with Crippen molar-refractivity contribution in [1.29, 1.82) is 0 Å². The largest absolute Gasteiger partial charge is 0.398 e. The maximum absolute atomic E-state index is 12.3. The first-order valence-corrected chi connectivity index (χ1v) is 7.03. The molecular formula is C15H25N3O2. The molecule has 0 bridgehead atoms. The lowest BCUT2D eigenvalue weighted by Crippen LogP contribution is -2.42. The number of nitrogens with zero attached hydrogens (tertiary/aromatic N) is 1. The summed E-state index contributed by atoms with van der Waals surface area (Å²) in [5.41, 5.74) is 8.41. The van der Waals surface area contributed by atoms with E-state index < -0.39 is 0 Å². The number of carbonyl (C=O) groups is 1. The minimum Gasteiger partial charge on any atom is -0.398 e. The maximum atomic E-state index is 12.3.